The quantitative estimate of drug-likeness (QED) is 0.412. The SMILES string of the molecule is COc1ccc(Sc2cc(Sc3ccc(OC)cc3)nc(Cl)n2)cc1. The molecule has 1 aromatic heterocycles. The van der Waals surface area contributed by atoms with Gasteiger partial charge in [-0.2, -0.15) is 0 Å². The number of nitrogens with zero attached hydrogens (tertiary/aromatic N) is 2. The van der Waals surface area contributed by atoms with Crippen LogP contribution in [0, 0.1) is 0 Å². The first kappa shape index (κ1) is 17.9. The molecule has 25 heavy (non-hydrogen) atoms. The number of ether oxygens (including phenoxy) is 2. The van der Waals surface area contributed by atoms with Gasteiger partial charge in [0.15, 0.2) is 0 Å². The van der Waals surface area contributed by atoms with E-state index < -0.39 is 0 Å². The first-order valence-corrected chi connectivity index (χ1v) is 9.36. The summed E-state index contributed by atoms with van der Waals surface area (Å²) in [5.41, 5.74) is 0. The maximum absolute atomic E-state index is 6.09. The average Bonchev–Trinajstić information content (AvgIpc) is 2.62. The molecule has 0 spiro atoms. The van der Waals surface area contributed by atoms with Gasteiger partial charge in [-0.25, -0.2) is 9.97 Å². The maximum Gasteiger partial charge on any atom is 0.224 e. The Bertz CT molecular complexity index is 775. The third-order valence-electron chi connectivity index (χ3n) is 3.22. The van der Waals surface area contributed by atoms with Crippen LogP contribution in [0.3, 0.4) is 0 Å². The number of aromatic nitrogens is 2. The van der Waals surface area contributed by atoms with Gasteiger partial charge in [-0.1, -0.05) is 23.5 Å². The van der Waals surface area contributed by atoms with Crippen LogP contribution in [0.25, 0.3) is 0 Å². The predicted octanol–water partition coefficient (Wildman–Crippen LogP) is 5.45. The highest BCUT2D eigenvalue weighted by Gasteiger charge is 2.07. The van der Waals surface area contributed by atoms with E-state index in [9.17, 15) is 0 Å². The van der Waals surface area contributed by atoms with Crippen LogP contribution in [0.5, 0.6) is 11.5 Å². The molecule has 0 unspecified atom stereocenters. The molecule has 0 aliphatic rings. The van der Waals surface area contributed by atoms with Gasteiger partial charge >= 0.3 is 0 Å². The van der Waals surface area contributed by atoms with Crippen molar-refractivity contribution in [2.75, 3.05) is 14.2 Å². The molecular weight excluding hydrogens is 376 g/mol. The van der Waals surface area contributed by atoms with Gasteiger partial charge in [0.05, 0.1) is 14.2 Å². The summed E-state index contributed by atoms with van der Waals surface area (Å²) in [5.74, 6) is 1.64. The Morgan fingerprint density at radius 2 is 1.12 bits per heavy atom. The molecule has 0 saturated carbocycles. The molecule has 0 amide bonds. The molecule has 0 saturated heterocycles. The minimum absolute atomic E-state index is 0.231. The zero-order valence-electron chi connectivity index (χ0n) is 13.6. The van der Waals surface area contributed by atoms with Crippen LogP contribution in [-0.2, 0) is 0 Å². The number of rotatable bonds is 6. The standard InChI is InChI=1S/C18H15ClN2O2S2/c1-22-12-3-7-14(8-4-12)24-16-11-17(21-18(19)20-16)25-15-9-5-13(23-2)6-10-15/h3-11H,1-2H3. The summed E-state index contributed by atoms with van der Waals surface area (Å²) in [6.45, 7) is 0. The first-order valence-electron chi connectivity index (χ1n) is 7.34. The summed E-state index contributed by atoms with van der Waals surface area (Å²) >= 11 is 9.14. The molecule has 0 atom stereocenters. The molecule has 0 aliphatic heterocycles. The Kier molecular flexibility index (Phi) is 6.07. The van der Waals surface area contributed by atoms with Crippen LogP contribution < -0.4 is 9.47 Å². The minimum atomic E-state index is 0.231. The second-order valence-corrected chi connectivity index (χ2v) is 7.39. The van der Waals surface area contributed by atoms with Crippen molar-refractivity contribution in [3.8, 4) is 11.5 Å². The lowest BCUT2D eigenvalue weighted by molar-refractivity contribution is 0.414. The lowest BCUT2D eigenvalue weighted by Crippen LogP contribution is -1.89. The van der Waals surface area contributed by atoms with Gasteiger partial charge in [0.25, 0.3) is 0 Å². The lowest BCUT2D eigenvalue weighted by atomic mass is 10.3. The Hall–Kier alpha value is -1.89. The summed E-state index contributed by atoms with van der Waals surface area (Å²) in [6.07, 6.45) is 0. The highest BCUT2D eigenvalue weighted by molar-refractivity contribution is 8.00. The van der Waals surface area contributed by atoms with E-state index in [-0.39, 0.29) is 5.28 Å². The van der Waals surface area contributed by atoms with E-state index in [1.165, 1.54) is 23.5 Å². The summed E-state index contributed by atoms with van der Waals surface area (Å²) in [7, 11) is 3.30. The number of hydrogen-bond acceptors (Lipinski definition) is 6. The van der Waals surface area contributed by atoms with Gasteiger partial charge in [-0.3, -0.25) is 0 Å². The second-order valence-electron chi connectivity index (χ2n) is 4.87. The van der Waals surface area contributed by atoms with E-state index in [4.69, 9.17) is 21.1 Å². The van der Waals surface area contributed by atoms with Crippen molar-refractivity contribution < 1.29 is 9.47 Å². The Balaban J connectivity index is 1.76. The fraction of sp³-hybridized carbons (Fsp3) is 0.111. The van der Waals surface area contributed by atoms with E-state index in [2.05, 4.69) is 9.97 Å². The molecular formula is C18H15ClN2O2S2. The molecule has 0 aliphatic carbocycles. The molecule has 7 heteroatoms. The maximum atomic E-state index is 6.09. The van der Waals surface area contributed by atoms with Crippen molar-refractivity contribution in [1.82, 2.24) is 9.97 Å². The smallest absolute Gasteiger partial charge is 0.224 e. The van der Waals surface area contributed by atoms with E-state index in [1.54, 1.807) is 14.2 Å². The topological polar surface area (TPSA) is 44.2 Å². The number of halogens is 1. The number of methoxy groups -OCH3 is 2. The molecule has 3 aromatic rings. The van der Waals surface area contributed by atoms with Crippen LogP contribution >= 0.6 is 35.1 Å². The van der Waals surface area contributed by atoms with Crippen molar-refractivity contribution >= 4 is 35.1 Å². The van der Waals surface area contributed by atoms with Gasteiger partial charge in [0.2, 0.25) is 5.28 Å². The molecule has 0 N–H and O–H groups in total. The van der Waals surface area contributed by atoms with E-state index in [0.29, 0.717) is 0 Å². The highest BCUT2D eigenvalue weighted by Crippen LogP contribution is 2.33. The zero-order chi connectivity index (χ0) is 17.6. The fourth-order valence-corrected chi connectivity index (χ4v) is 4.00. The monoisotopic (exact) mass is 390 g/mol. The number of hydrogen-bond donors (Lipinski definition) is 0. The van der Waals surface area contributed by atoms with Crippen LogP contribution in [0.4, 0.5) is 0 Å². The van der Waals surface area contributed by atoms with Gasteiger partial charge < -0.3 is 9.47 Å². The largest absolute Gasteiger partial charge is 0.497 e. The average molecular weight is 391 g/mol. The fourth-order valence-electron chi connectivity index (χ4n) is 2.01. The van der Waals surface area contributed by atoms with Gasteiger partial charge in [-0.15, -0.1) is 0 Å². The third kappa shape index (κ3) is 5.04. The van der Waals surface area contributed by atoms with E-state index in [0.717, 1.165) is 31.3 Å². The summed E-state index contributed by atoms with van der Waals surface area (Å²) < 4.78 is 10.3. The van der Waals surface area contributed by atoms with Crippen LogP contribution in [0.1, 0.15) is 0 Å². The molecule has 3 rings (SSSR count). The molecule has 4 nitrogen and oxygen atoms in total. The van der Waals surface area contributed by atoms with Crippen LogP contribution in [0.2, 0.25) is 5.28 Å². The molecule has 1 heterocycles. The third-order valence-corrected chi connectivity index (χ3v) is 5.24. The van der Waals surface area contributed by atoms with Gasteiger partial charge in [0.1, 0.15) is 21.6 Å². The van der Waals surface area contributed by atoms with Gasteiger partial charge in [0, 0.05) is 15.9 Å². The number of benzene rings is 2. The normalized spacial score (nSPS) is 10.5. The van der Waals surface area contributed by atoms with Crippen LogP contribution in [-0.4, -0.2) is 24.2 Å². The Morgan fingerprint density at radius 1 is 0.720 bits per heavy atom. The van der Waals surface area contributed by atoms with Crippen LogP contribution in [0.15, 0.2) is 74.4 Å². The zero-order valence-corrected chi connectivity index (χ0v) is 16.0. The van der Waals surface area contributed by atoms with Crippen molar-refractivity contribution in [2.45, 2.75) is 19.8 Å². The minimum Gasteiger partial charge on any atom is -0.497 e. The lowest BCUT2D eigenvalue weighted by Gasteiger charge is -2.06. The first-order chi connectivity index (χ1) is 12.2. The molecule has 0 fully saturated rings. The van der Waals surface area contributed by atoms with Gasteiger partial charge in [-0.05, 0) is 60.1 Å². The Morgan fingerprint density at radius 3 is 1.48 bits per heavy atom. The van der Waals surface area contributed by atoms with E-state index in [1.807, 2.05) is 54.6 Å². The predicted molar refractivity (Wildman–Crippen MR) is 101 cm³/mol. The van der Waals surface area contributed by atoms with Crippen molar-refractivity contribution in [2.24, 2.45) is 0 Å². The molecule has 0 radical (unpaired) electrons. The van der Waals surface area contributed by atoms with Crippen molar-refractivity contribution in [3.63, 3.8) is 0 Å². The van der Waals surface area contributed by atoms with Crippen molar-refractivity contribution in [3.05, 3.63) is 59.9 Å². The second kappa shape index (κ2) is 8.47. The van der Waals surface area contributed by atoms with Crippen molar-refractivity contribution in [1.29, 1.82) is 0 Å². The summed E-state index contributed by atoms with van der Waals surface area (Å²) in [5, 5.41) is 1.82. The highest BCUT2D eigenvalue weighted by atomic mass is 35.5. The summed E-state index contributed by atoms with van der Waals surface area (Å²) in [6, 6.07) is 17.5. The summed E-state index contributed by atoms with van der Waals surface area (Å²) in [4.78, 5) is 10.7. The molecule has 2 aromatic carbocycles. The Labute approximate surface area is 159 Å². The van der Waals surface area contributed by atoms with E-state index >= 15 is 0 Å². The molecule has 128 valence electrons. The molecule has 0 bridgehead atoms.